The molecule has 31 heavy (non-hydrogen) atoms. The molecule has 1 saturated heterocycles. The Bertz CT molecular complexity index is 1000. The number of benzene rings is 3. The van der Waals surface area contributed by atoms with Crippen LogP contribution < -0.4 is 14.5 Å². The van der Waals surface area contributed by atoms with E-state index in [0.717, 1.165) is 49.5 Å². The fraction of sp³-hybridized carbons (Fsp3) is 0.296. The first-order chi connectivity index (χ1) is 15.0. The van der Waals surface area contributed by atoms with E-state index < -0.39 is 0 Å². The van der Waals surface area contributed by atoms with Gasteiger partial charge in [0, 0.05) is 16.8 Å². The van der Waals surface area contributed by atoms with Crippen molar-refractivity contribution in [3.63, 3.8) is 0 Å². The Morgan fingerprint density at radius 2 is 1.48 bits per heavy atom. The van der Waals surface area contributed by atoms with Crippen molar-refractivity contribution in [2.24, 2.45) is 0 Å². The minimum Gasteiger partial charge on any atom is -0.457 e. The van der Waals surface area contributed by atoms with Gasteiger partial charge in [0.05, 0.1) is 26.2 Å². The van der Waals surface area contributed by atoms with Gasteiger partial charge in [0.2, 0.25) is 0 Å². The standard InChI is InChI=1S/C27H30N2O2/c1-20-17-23(19-30)18-21(2)27(20)29-15-13-28(14-16-29)22(3)24-9-11-26(12-10-24)31-25-7-5-4-6-8-25/h4-12,17-19,22H,13-16H2,1-3H3/p+1/t22-/m0/s1. The average molecular weight is 416 g/mol. The van der Waals surface area contributed by atoms with E-state index in [1.807, 2.05) is 42.5 Å². The van der Waals surface area contributed by atoms with E-state index >= 15 is 0 Å². The number of para-hydroxylation sites is 1. The number of hydrogen-bond acceptors (Lipinski definition) is 3. The zero-order valence-corrected chi connectivity index (χ0v) is 18.6. The van der Waals surface area contributed by atoms with Gasteiger partial charge in [0.15, 0.2) is 0 Å². The van der Waals surface area contributed by atoms with Crippen LogP contribution in [0.2, 0.25) is 0 Å². The summed E-state index contributed by atoms with van der Waals surface area (Å²) in [4.78, 5) is 15.2. The topological polar surface area (TPSA) is 34.0 Å². The quantitative estimate of drug-likeness (QED) is 0.607. The van der Waals surface area contributed by atoms with Crippen molar-refractivity contribution in [3.05, 3.63) is 89.0 Å². The first-order valence-electron chi connectivity index (χ1n) is 11.0. The Hall–Kier alpha value is -3.11. The number of carbonyl (C=O) groups excluding carboxylic acids is 1. The molecule has 0 saturated carbocycles. The van der Waals surface area contributed by atoms with Gasteiger partial charge in [-0.3, -0.25) is 4.79 Å². The predicted molar refractivity (Wildman–Crippen MR) is 126 cm³/mol. The number of nitrogens with zero attached hydrogens (tertiary/aromatic N) is 1. The molecule has 1 N–H and O–H groups in total. The number of hydrogen-bond donors (Lipinski definition) is 1. The van der Waals surface area contributed by atoms with E-state index in [-0.39, 0.29) is 0 Å². The molecule has 1 aliphatic rings. The highest BCUT2D eigenvalue weighted by Crippen LogP contribution is 2.27. The lowest BCUT2D eigenvalue weighted by molar-refractivity contribution is -0.930. The summed E-state index contributed by atoms with van der Waals surface area (Å²) in [6.45, 7) is 10.8. The van der Waals surface area contributed by atoms with E-state index in [1.54, 1.807) is 4.90 Å². The van der Waals surface area contributed by atoms with Crippen molar-refractivity contribution >= 4 is 12.0 Å². The minimum absolute atomic E-state index is 0.438. The molecule has 0 spiro atoms. The molecule has 1 heterocycles. The van der Waals surface area contributed by atoms with Crippen LogP contribution in [0.5, 0.6) is 11.5 Å². The van der Waals surface area contributed by atoms with Gasteiger partial charge in [-0.25, -0.2) is 0 Å². The van der Waals surface area contributed by atoms with Crippen LogP contribution in [0.1, 0.15) is 40.0 Å². The van der Waals surface area contributed by atoms with Gasteiger partial charge in [0.1, 0.15) is 23.8 Å². The van der Waals surface area contributed by atoms with Crippen molar-refractivity contribution in [1.82, 2.24) is 0 Å². The maximum atomic E-state index is 11.1. The normalized spacial score (nSPS) is 15.5. The van der Waals surface area contributed by atoms with E-state index in [4.69, 9.17) is 4.74 Å². The number of ether oxygens (including phenoxy) is 1. The maximum absolute atomic E-state index is 11.1. The number of rotatable bonds is 6. The second-order valence-corrected chi connectivity index (χ2v) is 8.47. The lowest BCUT2D eigenvalue weighted by Crippen LogP contribution is -3.14. The van der Waals surface area contributed by atoms with Crippen molar-refractivity contribution < 1.29 is 14.4 Å². The Kier molecular flexibility index (Phi) is 6.38. The van der Waals surface area contributed by atoms with E-state index in [1.165, 1.54) is 22.4 Å². The van der Waals surface area contributed by atoms with Gasteiger partial charge in [0.25, 0.3) is 0 Å². The maximum Gasteiger partial charge on any atom is 0.150 e. The number of carbonyl (C=O) groups is 1. The monoisotopic (exact) mass is 415 g/mol. The first kappa shape index (κ1) is 21.1. The molecule has 1 atom stereocenters. The molecular weight excluding hydrogens is 384 g/mol. The third kappa shape index (κ3) is 4.80. The largest absolute Gasteiger partial charge is 0.457 e. The van der Waals surface area contributed by atoms with Crippen molar-refractivity contribution in [1.29, 1.82) is 0 Å². The number of aldehydes is 1. The van der Waals surface area contributed by atoms with E-state index in [0.29, 0.717) is 6.04 Å². The van der Waals surface area contributed by atoms with E-state index in [9.17, 15) is 4.79 Å². The highest BCUT2D eigenvalue weighted by molar-refractivity contribution is 5.78. The van der Waals surface area contributed by atoms with Crippen LogP contribution in [-0.2, 0) is 0 Å². The molecule has 0 aromatic heterocycles. The van der Waals surface area contributed by atoms with Crippen LogP contribution in [0, 0.1) is 13.8 Å². The molecule has 0 radical (unpaired) electrons. The molecule has 0 amide bonds. The zero-order valence-electron chi connectivity index (χ0n) is 18.6. The van der Waals surface area contributed by atoms with Crippen LogP contribution in [0.3, 0.4) is 0 Å². The summed E-state index contributed by atoms with van der Waals surface area (Å²) >= 11 is 0. The van der Waals surface area contributed by atoms with Crippen LogP contribution in [0.15, 0.2) is 66.7 Å². The fourth-order valence-electron chi connectivity index (χ4n) is 4.69. The molecule has 1 fully saturated rings. The number of quaternary nitrogens is 1. The summed E-state index contributed by atoms with van der Waals surface area (Å²) in [5, 5.41) is 0. The van der Waals surface area contributed by atoms with E-state index in [2.05, 4.69) is 49.9 Å². The van der Waals surface area contributed by atoms with Gasteiger partial charge >= 0.3 is 0 Å². The van der Waals surface area contributed by atoms with Crippen molar-refractivity contribution in [3.8, 4) is 11.5 Å². The lowest BCUT2D eigenvalue weighted by atomic mass is 10.0. The molecule has 4 nitrogen and oxygen atoms in total. The molecule has 0 unspecified atom stereocenters. The third-order valence-corrected chi connectivity index (χ3v) is 6.34. The van der Waals surface area contributed by atoms with Crippen LogP contribution >= 0.6 is 0 Å². The van der Waals surface area contributed by atoms with Gasteiger partial charge in [-0.05, 0) is 80.4 Å². The lowest BCUT2D eigenvalue weighted by Gasteiger charge is -2.38. The molecule has 4 heteroatoms. The van der Waals surface area contributed by atoms with Gasteiger partial charge in [-0.2, -0.15) is 0 Å². The minimum atomic E-state index is 0.438. The van der Waals surface area contributed by atoms with Crippen LogP contribution in [0.4, 0.5) is 5.69 Å². The van der Waals surface area contributed by atoms with Crippen molar-refractivity contribution in [2.45, 2.75) is 26.8 Å². The summed E-state index contributed by atoms with van der Waals surface area (Å²) in [7, 11) is 0. The summed E-state index contributed by atoms with van der Waals surface area (Å²) in [6.07, 6.45) is 0.934. The third-order valence-electron chi connectivity index (χ3n) is 6.34. The molecule has 3 aromatic carbocycles. The van der Waals surface area contributed by atoms with Crippen LogP contribution in [0.25, 0.3) is 0 Å². The molecule has 160 valence electrons. The Labute approximate surface area is 185 Å². The highest BCUT2D eigenvalue weighted by Gasteiger charge is 2.27. The zero-order chi connectivity index (χ0) is 21.8. The highest BCUT2D eigenvalue weighted by atomic mass is 16.5. The Balaban J connectivity index is 1.38. The first-order valence-corrected chi connectivity index (χ1v) is 11.0. The molecule has 0 aliphatic carbocycles. The summed E-state index contributed by atoms with van der Waals surface area (Å²) in [5.74, 6) is 1.73. The molecule has 0 bridgehead atoms. The number of anilines is 1. The summed E-state index contributed by atoms with van der Waals surface area (Å²) in [5.41, 5.74) is 5.77. The number of nitrogens with one attached hydrogen (secondary N) is 1. The number of piperazine rings is 1. The van der Waals surface area contributed by atoms with Gasteiger partial charge < -0.3 is 14.5 Å². The smallest absolute Gasteiger partial charge is 0.150 e. The molecule has 4 rings (SSSR count). The van der Waals surface area contributed by atoms with Crippen molar-refractivity contribution in [2.75, 3.05) is 31.1 Å². The molecular formula is C27H31N2O2+. The summed E-state index contributed by atoms with van der Waals surface area (Å²) < 4.78 is 5.93. The fourth-order valence-corrected chi connectivity index (χ4v) is 4.69. The Morgan fingerprint density at radius 3 is 2.06 bits per heavy atom. The summed E-state index contributed by atoms with van der Waals surface area (Å²) in [6, 6.07) is 22.8. The van der Waals surface area contributed by atoms with Crippen LogP contribution in [-0.4, -0.2) is 32.5 Å². The molecule has 1 aliphatic heterocycles. The Morgan fingerprint density at radius 1 is 0.903 bits per heavy atom. The average Bonchev–Trinajstić information content (AvgIpc) is 2.80. The van der Waals surface area contributed by atoms with Gasteiger partial charge in [-0.1, -0.05) is 18.2 Å². The second-order valence-electron chi connectivity index (χ2n) is 8.47. The molecule has 3 aromatic rings. The predicted octanol–water partition coefficient (Wildman–Crippen LogP) is 4.37. The number of aryl methyl sites for hydroxylation is 2. The second kappa shape index (κ2) is 9.36. The van der Waals surface area contributed by atoms with Gasteiger partial charge in [-0.15, -0.1) is 0 Å². The SMILES string of the molecule is Cc1cc(C=O)cc(C)c1N1CC[NH+]([C@@H](C)c2ccc(Oc3ccccc3)cc2)CC1.